The van der Waals surface area contributed by atoms with Gasteiger partial charge in [-0.3, -0.25) is 14.3 Å². The van der Waals surface area contributed by atoms with E-state index in [1.165, 1.54) is 0 Å². The van der Waals surface area contributed by atoms with Gasteiger partial charge in [0.1, 0.15) is 3.55 Å². The summed E-state index contributed by atoms with van der Waals surface area (Å²) in [5, 5.41) is 9.23. The second kappa shape index (κ2) is 4.30. The first-order valence-corrected chi connectivity index (χ1v) is 6.84. The van der Waals surface area contributed by atoms with Gasteiger partial charge in [0.05, 0.1) is 6.33 Å². The molecule has 0 radical (unpaired) electrons. The molecule has 7 nitrogen and oxygen atoms in total. The second-order valence-electron chi connectivity index (χ2n) is 4.56. The van der Waals surface area contributed by atoms with Gasteiger partial charge in [0, 0.05) is 12.5 Å². The van der Waals surface area contributed by atoms with Crippen LogP contribution in [0.1, 0.15) is 6.42 Å². The average Bonchev–Trinajstić information content (AvgIpc) is 2.93. The first-order chi connectivity index (χ1) is 9.03. The number of rotatable bonds is 2. The lowest BCUT2D eigenvalue weighted by Gasteiger charge is -2.23. The standard InChI is InChI=1S/C11H12IN5O2/c12-11(2-1-6(3-11)4-18)17-5-14-7-8(17)15-10(13)16-9(7)19/h1-2,5-6,18H,3-4H2,(H3,13,15,16,19)/t6-,11?/m1/s1. The summed E-state index contributed by atoms with van der Waals surface area (Å²) in [6.45, 7) is 0.101. The number of aromatic nitrogens is 4. The largest absolute Gasteiger partial charge is 0.396 e. The van der Waals surface area contributed by atoms with Crippen LogP contribution in [0.5, 0.6) is 0 Å². The van der Waals surface area contributed by atoms with Crippen molar-refractivity contribution in [3.63, 3.8) is 0 Å². The smallest absolute Gasteiger partial charge is 0.280 e. The minimum Gasteiger partial charge on any atom is -0.396 e. The molecule has 0 saturated carbocycles. The highest BCUT2D eigenvalue weighted by atomic mass is 127. The molecule has 19 heavy (non-hydrogen) atoms. The summed E-state index contributed by atoms with van der Waals surface area (Å²) in [4.78, 5) is 22.4. The number of fused-ring (bicyclic) bond motifs is 1. The van der Waals surface area contributed by atoms with Gasteiger partial charge in [-0.05, 0) is 29.0 Å². The fourth-order valence-electron chi connectivity index (χ4n) is 2.29. The fraction of sp³-hybridized carbons (Fsp3) is 0.364. The SMILES string of the molecule is Nc1nc2c(ncn2C2(I)C=C[C@@H](CO)C2)c(=O)[nH]1. The Bertz CT molecular complexity index is 721. The molecule has 2 atom stereocenters. The van der Waals surface area contributed by atoms with Gasteiger partial charge in [-0.2, -0.15) is 4.98 Å². The third-order valence-electron chi connectivity index (χ3n) is 3.23. The van der Waals surface area contributed by atoms with E-state index >= 15 is 0 Å². The van der Waals surface area contributed by atoms with Crippen molar-refractivity contribution in [3.8, 4) is 0 Å². The van der Waals surface area contributed by atoms with Gasteiger partial charge in [-0.1, -0.05) is 12.2 Å². The van der Waals surface area contributed by atoms with Crippen LogP contribution in [0, 0.1) is 5.92 Å². The molecule has 1 aliphatic rings. The van der Waals surface area contributed by atoms with E-state index in [-0.39, 0.29) is 33.1 Å². The molecule has 1 unspecified atom stereocenters. The summed E-state index contributed by atoms with van der Waals surface area (Å²) in [5.74, 6) is 0.175. The van der Waals surface area contributed by atoms with Gasteiger partial charge in [-0.25, -0.2) is 4.98 Å². The van der Waals surface area contributed by atoms with E-state index in [1.807, 2.05) is 16.7 Å². The lowest BCUT2D eigenvalue weighted by atomic mass is 10.1. The number of allylic oxidation sites excluding steroid dienone is 1. The molecule has 2 aromatic heterocycles. The Kier molecular flexibility index (Phi) is 2.86. The van der Waals surface area contributed by atoms with Crippen LogP contribution in [0.2, 0.25) is 0 Å². The number of anilines is 1. The molecule has 4 N–H and O–H groups in total. The number of nitrogen functional groups attached to an aromatic ring is 1. The number of aromatic amines is 1. The minimum absolute atomic E-state index is 0.0694. The molecular formula is C11H12IN5O2. The Labute approximate surface area is 121 Å². The third kappa shape index (κ3) is 1.94. The van der Waals surface area contributed by atoms with E-state index in [4.69, 9.17) is 5.73 Å². The number of aliphatic hydroxyl groups is 1. The van der Waals surface area contributed by atoms with Gasteiger partial charge in [-0.15, -0.1) is 0 Å². The number of hydrogen-bond donors (Lipinski definition) is 3. The molecule has 0 spiro atoms. The van der Waals surface area contributed by atoms with Crippen LogP contribution >= 0.6 is 22.6 Å². The number of alkyl halides is 1. The molecule has 2 heterocycles. The van der Waals surface area contributed by atoms with E-state index < -0.39 is 0 Å². The zero-order valence-corrected chi connectivity index (χ0v) is 12.0. The van der Waals surface area contributed by atoms with E-state index in [0.29, 0.717) is 5.65 Å². The molecule has 0 saturated heterocycles. The second-order valence-corrected chi connectivity index (χ2v) is 6.43. The molecule has 8 heteroatoms. The van der Waals surface area contributed by atoms with Crippen LogP contribution in [-0.2, 0) is 3.55 Å². The van der Waals surface area contributed by atoms with Crippen molar-refractivity contribution in [2.75, 3.05) is 12.3 Å². The number of H-pyrrole nitrogens is 1. The molecule has 3 rings (SSSR count). The minimum atomic E-state index is -0.382. The molecule has 2 aromatic rings. The predicted octanol–water partition coefficient (Wildman–Crippen LogP) is 0.358. The summed E-state index contributed by atoms with van der Waals surface area (Å²) in [7, 11) is 0. The van der Waals surface area contributed by atoms with Crippen molar-refractivity contribution in [3.05, 3.63) is 28.8 Å². The summed E-state index contributed by atoms with van der Waals surface area (Å²) < 4.78 is 1.44. The topological polar surface area (TPSA) is 110 Å². The Balaban J connectivity index is 2.17. The van der Waals surface area contributed by atoms with Crippen LogP contribution in [-0.4, -0.2) is 31.2 Å². The lowest BCUT2D eigenvalue weighted by Crippen LogP contribution is -2.24. The summed E-state index contributed by atoms with van der Waals surface area (Å²) in [5.41, 5.74) is 5.96. The average molecular weight is 373 g/mol. The number of nitrogens with one attached hydrogen (secondary N) is 1. The monoisotopic (exact) mass is 373 g/mol. The van der Waals surface area contributed by atoms with E-state index in [1.54, 1.807) is 6.33 Å². The number of aliphatic hydroxyl groups excluding tert-OH is 1. The summed E-state index contributed by atoms with van der Waals surface area (Å²) in [6.07, 6.45) is 6.27. The molecule has 0 bridgehead atoms. The van der Waals surface area contributed by atoms with Gasteiger partial charge in [0.2, 0.25) is 5.95 Å². The molecule has 1 aliphatic carbocycles. The maximum atomic E-state index is 11.7. The number of nitrogens with two attached hydrogens (primary N) is 1. The molecular weight excluding hydrogens is 361 g/mol. The predicted molar refractivity (Wildman–Crippen MR) is 78.9 cm³/mol. The van der Waals surface area contributed by atoms with E-state index in [9.17, 15) is 9.90 Å². The summed E-state index contributed by atoms with van der Waals surface area (Å²) >= 11 is 2.27. The zero-order chi connectivity index (χ0) is 13.6. The normalized spacial score (nSPS) is 26.3. The Hall–Kier alpha value is -1.42. The quantitative estimate of drug-likeness (QED) is 0.400. The highest BCUT2D eigenvalue weighted by Crippen LogP contribution is 2.41. The first kappa shape index (κ1) is 12.6. The molecule has 0 fully saturated rings. The fourth-order valence-corrected chi connectivity index (χ4v) is 3.42. The van der Waals surface area contributed by atoms with Crippen LogP contribution in [0.4, 0.5) is 5.95 Å². The highest BCUT2D eigenvalue weighted by Gasteiger charge is 2.35. The molecule has 100 valence electrons. The molecule has 0 aliphatic heterocycles. The van der Waals surface area contributed by atoms with Crippen molar-refractivity contribution in [1.29, 1.82) is 0 Å². The van der Waals surface area contributed by atoms with Crippen LogP contribution in [0.25, 0.3) is 11.2 Å². The number of hydrogen-bond acceptors (Lipinski definition) is 5. The van der Waals surface area contributed by atoms with Gasteiger partial charge in [0.15, 0.2) is 11.2 Å². The Morgan fingerprint density at radius 1 is 1.68 bits per heavy atom. The Morgan fingerprint density at radius 3 is 3.16 bits per heavy atom. The van der Waals surface area contributed by atoms with Crippen LogP contribution < -0.4 is 11.3 Å². The van der Waals surface area contributed by atoms with Crippen molar-refractivity contribution in [1.82, 2.24) is 19.5 Å². The maximum absolute atomic E-state index is 11.7. The van der Waals surface area contributed by atoms with E-state index in [0.717, 1.165) is 6.42 Å². The van der Waals surface area contributed by atoms with Crippen LogP contribution in [0.15, 0.2) is 23.3 Å². The van der Waals surface area contributed by atoms with Gasteiger partial charge in [0.25, 0.3) is 5.56 Å². The number of imidazole rings is 1. The van der Waals surface area contributed by atoms with Gasteiger partial charge >= 0.3 is 0 Å². The van der Waals surface area contributed by atoms with Crippen molar-refractivity contribution < 1.29 is 5.11 Å². The Morgan fingerprint density at radius 2 is 2.47 bits per heavy atom. The number of halogens is 1. The molecule has 0 amide bonds. The maximum Gasteiger partial charge on any atom is 0.280 e. The van der Waals surface area contributed by atoms with Crippen molar-refractivity contribution in [2.24, 2.45) is 5.92 Å². The first-order valence-electron chi connectivity index (χ1n) is 5.76. The summed E-state index contributed by atoms with van der Waals surface area (Å²) in [6, 6.07) is 0. The molecule has 0 aromatic carbocycles. The third-order valence-corrected chi connectivity index (χ3v) is 4.55. The lowest BCUT2D eigenvalue weighted by molar-refractivity contribution is 0.243. The van der Waals surface area contributed by atoms with Crippen molar-refractivity contribution in [2.45, 2.75) is 9.97 Å². The highest BCUT2D eigenvalue weighted by molar-refractivity contribution is 14.1. The van der Waals surface area contributed by atoms with Gasteiger partial charge < -0.3 is 10.8 Å². The number of nitrogens with zero attached hydrogens (tertiary/aromatic N) is 3. The van der Waals surface area contributed by atoms with Crippen molar-refractivity contribution >= 4 is 39.7 Å². The van der Waals surface area contributed by atoms with Crippen LogP contribution in [0.3, 0.4) is 0 Å². The zero-order valence-electron chi connectivity index (χ0n) is 9.88. The van der Waals surface area contributed by atoms with E-state index in [2.05, 4.69) is 37.5 Å².